The predicted octanol–water partition coefficient (Wildman–Crippen LogP) is 4.70. The van der Waals surface area contributed by atoms with Crippen LogP contribution in [0.2, 0.25) is 0 Å². The summed E-state index contributed by atoms with van der Waals surface area (Å²) in [5, 5.41) is 3.34. The second-order valence-corrected chi connectivity index (χ2v) is 10.1. The minimum atomic E-state index is 0.230. The van der Waals surface area contributed by atoms with Crippen molar-refractivity contribution in [3.8, 4) is 0 Å². The van der Waals surface area contributed by atoms with E-state index in [1.54, 1.807) is 18.1 Å². The SMILES string of the molecule is CC(=O)CNCC1CCCN(CCCc2cc3c(C)cc2CCc2ccc(cc2)CC3)C1. The van der Waals surface area contributed by atoms with Crippen LogP contribution in [0.1, 0.15) is 59.6 Å². The van der Waals surface area contributed by atoms with Crippen molar-refractivity contribution in [2.45, 2.75) is 65.2 Å². The van der Waals surface area contributed by atoms with Crippen molar-refractivity contribution in [3.63, 3.8) is 0 Å². The van der Waals surface area contributed by atoms with Gasteiger partial charge in [-0.2, -0.15) is 0 Å². The van der Waals surface area contributed by atoms with Gasteiger partial charge >= 0.3 is 0 Å². The zero-order valence-corrected chi connectivity index (χ0v) is 20.1. The first-order valence-corrected chi connectivity index (χ1v) is 12.7. The first-order valence-electron chi connectivity index (χ1n) is 12.7. The summed E-state index contributed by atoms with van der Waals surface area (Å²) < 4.78 is 0. The summed E-state index contributed by atoms with van der Waals surface area (Å²) in [6.45, 7) is 9.03. The fraction of sp³-hybridized carbons (Fsp3) is 0.552. The number of carbonyl (C=O) groups excluding carboxylic acids is 1. The van der Waals surface area contributed by atoms with Gasteiger partial charge in [0.05, 0.1) is 6.54 Å². The molecule has 2 aromatic carbocycles. The van der Waals surface area contributed by atoms with E-state index in [1.807, 2.05) is 0 Å². The highest BCUT2D eigenvalue weighted by Gasteiger charge is 2.19. The van der Waals surface area contributed by atoms with Crippen LogP contribution in [0.3, 0.4) is 0 Å². The Hall–Kier alpha value is -1.97. The highest BCUT2D eigenvalue weighted by Crippen LogP contribution is 2.24. The third kappa shape index (κ3) is 6.52. The molecular formula is C29H40N2O. The van der Waals surface area contributed by atoms with E-state index >= 15 is 0 Å². The number of benzene rings is 2. The molecule has 32 heavy (non-hydrogen) atoms. The molecule has 0 aromatic heterocycles. The van der Waals surface area contributed by atoms with Crippen LogP contribution in [-0.4, -0.2) is 43.4 Å². The molecule has 4 aliphatic carbocycles. The maximum atomic E-state index is 11.2. The Balaban J connectivity index is 1.34. The van der Waals surface area contributed by atoms with Crippen LogP contribution in [-0.2, 0) is 36.9 Å². The number of ketones is 1. The second kappa shape index (κ2) is 11.2. The van der Waals surface area contributed by atoms with Crippen molar-refractivity contribution >= 4 is 5.78 Å². The lowest BCUT2D eigenvalue weighted by atomic mass is 9.89. The molecular weight excluding hydrogens is 392 g/mol. The maximum absolute atomic E-state index is 11.2. The lowest BCUT2D eigenvalue weighted by Gasteiger charge is -2.33. The summed E-state index contributed by atoms with van der Waals surface area (Å²) in [4.78, 5) is 13.8. The summed E-state index contributed by atoms with van der Waals surface area (Å²) in [7, 11) is 0. The van der Waals surface area contributed by atoms with Gasteiger partial charge in [0.15, 0.2) is 0 Å². The molecule has 3 heteroatoms. The fourth-order valence-corrected chi connectivity index (χ4v) is 5.50. The number of hydrogen-bond acceptors (Lipinski definition) is 3. The topological polar surface area (TPSA) is 32.3 Å². The molecule has 5 aliphatic rings. The minimum Gasteiger partial charge on any atom is -0.310 e. The Morgan fingerprint density at radius 2 is 1.75 bits per heavy atom. The number of nitrogens with zero attached hydrogens (tertiary/aromatic N) is 1. The summed E-state index contributed by atoms with van der Waals surface area (Å²) in [6, 6.07) is 14.3. The van der Waals surface area contributed by atoms with E-state index in [0.29, 0.717) is 12.5 Å². The van der Waals surface area contributed by atoms with E-state index < -0.39 is 0 Å². The average molecular weight is 433 g/mol. The Kier molecular flexibility index (Phi) is 8.15. The quantitative estimate of drug-likeness (QED) is 0.656. The summed E-state index contributed by atoms with van der Waals surface area (Å²) in [5.74, 6) is 0.912. The summed E-state index contributed by atoms with van der Waals surface area (Å²) >= 11 is 0. The number of Topliss-reactive ketones (excluding diaryl/α,β-unsaturated/α-hetero) is 1. The molecule has 0 spiro atoms. The highest BCUT2D eigenvalue weighted by molar-refractivity contribution is 5.77. The second-order valence-electron chi connectivity index (χ2n) is 10.1. The molecule has 1 unspecified atom stereocenters. The molecule has 1 fully saturated rings. The zero-order chi connectivity index (χ0) is 22.3. The van der Waals surface area contributed by atoms with Gasteiger partial charge in [-0.25, -0.2) is 0 Å². The molecule has 1 aliphatic heterocycles. The van der Waals surface area contributed by atoms with Gasteiger partial charge in [0.1, 0.15) is 5.78 Å². The number of likely N-dealkylation sites (tertiary alicyclic amines) is 1. The van der Waals surface area contributed by atoms with E-state index in [9.17, 15) is 4.79 Å². The van der Waals surface area contributed by atoms with Crippen molar-refractivity contribution in [2.75, 3.05) is 32.7 Å². The monoisotopic (exact) mass is 432 g/mol. The van der Waals surface area contributed by atoms with Gasteiger partial charge in [-0.15, -0.1) is 0 Å². The fourth-order valence-electron chi connectivity index (χ4n) is 5.50. The third-order valence-corrected chi connectivity index (χ3v) is 7.38. The minimum absolute atomic E-state index is 0.230. The van der Waals surface area contributed by atoms with E-state index in [1.165, 1.54) is 67.6 Å². The van der Waals surface area contributed by atoms with Gasteiger partial charge in [-0.1, -0.05) is 36.4 Å². The number of rotatable bonds is 8. The van der Waals surface area contributed by atoms with Crippen molar-refractivity contribution in [1.82, 2.24) is 10.2 Å². The molecule has 172 valence electrons. The molecule has 1 saturated heterocycles. The number of hydrogen-bond donors (Lipinski definition) is 1. The smallest absolute Gasteiger partial charge is 0.143 e. The van der Waals surface area contributed by atoms with Gasteiger partial charge in [-0.05, 0) is 124 Å². The summed E-state index contributed by atoms with van der Waals surface area (Å²) in [6.07, 6.45) is 9.53. The maximum Gasteiger partial charge on any atom is 0.143 e. The Morgan fingerprint density at radius 1 is 1.03 bits per heavy atom. The van der Waals surface area contributed by atoms with E-state index in [2.05, 4.69) is 53.5 Å². The van der Waals surface area contributed by atoms with Gasteiger partial charge in [0.2, 0.25) is 0 Å². The summed E-state index contributed by atoms with van der Waals surface area (Å²) in [5.41, 5.74) is 9.05. The lowest BCUT2D eigenvalue weighted by molar-refractivity contribution is -0.116. The largest absolute Gasteiger partial charge is 0.310 e. The number of piperidine rings is 1. The van der Waals surface area contributed by atoms with Crippen molar-refractivity contribution in [1.29, 1.82) is 0 Å². The first-order chi connectivity index (χ1) is 15.6. The van der Waals surface area contributed by atoms with Crippen LogP contribution in [0, 0.1) is 12.8 Å². The van der Waals surface area contributed by atoms with E-state index in [0.717, 1.165) is 32.2 Å². The molecule has 1 heterocycles. The third-order valence-electron chi connectivity index (χ3n) is 7.38. The molecule has 0 saturated carbocycles. The van der Waals surface area contributed by atoms with Crippen LogP contribution in [0.25, 0.3) is 0 Å². The van der Waals surface area contributed by atoms with Gasteiger partial charge < -0.3 is 10.2 Å². The van der Waals surface area contributed by atoms with Crippen molar-refractivity contribution in [2.24, 2.45) is 5.92 Å². The van der Waals surface area contributed by atoms with Crippen LogP contribution < -0.4 is 5.32 Å². The molecule has 7 rings (SSSR count). The van der Waals surface area contributed by atoms with Crippen LogP contribution in [0.4, 0.5) is 0 Å². The molecule has 3 nitrogen and oxygen atoms in total. The molecule has 1 N–H and O–H groups in total. The average Bonchev–Trinajstić information content (AvgIpc) is 2.77. The van der Waals surface area contributed by atoms with Gasteiger partial charge in [0.25, 0.3) is 0 Å². The Labute approximate surface area is 194 Å². The lowest BCUT2D eigenvalue weighted by Crippen LogP contribution is -2.40. The van der Waals surface area contributed by atoms with Crippen molar-refractivity contribution < 1.29 is 4.79 Å². The Morgan fingerprint density at radius 3 is 2.47 bits per heavy atom. The standard InChI is InChI=1S/C29H40N2O/c1-22-17-29-14-12-25-9-7-24(8-10-25)11-13-27(22)18-28(29)6-4-16-31-15-3-5-26(21-31)20-30-19-23(2)32/h7-10,17-18,26,30H,3-6,11-16,19-21H2,1-2H3. The molecule has 4 bridgehead atoms. The normalized spacial score (nSPS) is 19.0. The van der Waals surface area contributed by atoms with Gasteiger partial charge in [0, 0.05) is 6.54 Å². The van der Waals surface area contributed by atoms with Gasteiger partial charge in [-0.3, -0.25) is 4.79 Å². The van der Waals surface area contributed by atoms with Crippen molar-refractivity contribution in [3.05, 3.63) is 69.8 Å². The molecule has 0 radical (unpaired) electrons. The number of aryl methyl sites for hydroxylation is 6. The van der Waals surface area contributed by atoms with E-state index in [4.69, 9.17) is 0 Å². The number of carbonyl (C=O) groups is 1. The molecule has 0 amide bonds. The first kappa shape index (κ1) is 23.2. The highest BCUT2D eigenvalue weighted by atomic mass is 16.1. The predicted molar refractivity (Wildman–Crippen MR) is 133 cm³/mol. The number of nitrogens with one attached hydrogen (secondary N) is 1. The molecule has 2 aromatic rings. The molecule has 1 atom stereocenters. The van der Waals surface area contributed by atoms with Crippen LogP contribution in [0.15, 0.2) is 36.4 Å². The van der Waals surface area contributed by atoms with E-state index in [-0.39, 0.29) is 5.78 Å². The zero-order valence-electron chi connectivity index (χ0n) is 20.1. The Bertz CT molecular complexity index is 902. The van der Waals surface area contributed by atoms with Crippen LogP contribution in [0.5, 0.6) is 0 Å². The van der Waals surface area contributed by atoms with Crippen LogP contribution >= 0.6 is 0 Å².